The first-order valence-corrected chi connectivity index (χ1v) is 9.41. The minimum absolute atomic E-state index is 0.0152. The number of hydrogen-bond donors (Lipinski definition) is 3. The molecule has 3 N–H and O–H groups in total. The smallest absolute Gasteiger partial charge is 0.339 e. The highest BCUT2D eigenvalue weighted by molar-refractivity contribution is 5.91. The first-order chi connectivity index (χ1) is 13.4. The molecule has 2 aromatic carbocycles. The van der Waals surface area contributed by atoms with E-state index in [9.17, 15) is 14.7 Å². The Morgan fingerprint density at radius 3 is 2.14 bits per heavy atom. The van der Waals surface area contributed by atoms with Crippen LogP contribution in [0.2, 0.25) is 0 Å². The quantitative estimate of drug-likeness (QED) is 0.444. The molecule has 0 bridgehead atoms. The zero-order valence-electron chi connectivity index (χ0n) is 16.4. The predicted molar refractivity (Wildman–Crippen MR) is 107 cm³/mol. The van der Waals surface area contributed by atoms with Crippen molar-refractivity contribution in [2.24, 2.45) is 0 Å². The van der Waals surface area contributed by atoms with Crippen molar-refractivity contribution in [1.29, 1.82) is 0 Å². The topological polar surface area (TPSA) is 104 Å². The van der Waals surface area contributed by atoms with Gasteiger partial charge in [0.05, 0.1) is 12.2 Å². The number of aryl methyl sites for hydroxylation is 1. The molecular formula is C22H28O6. The molecule has 0 aliphatic rings. The van der Waals surface area contributed by atoms with Crippen molar-refractivity contribution in [3.05, 3.63) is 59.2 Å². The fourth-order valence-electron chi connectivity index (χ4n) is 2.32. The molecule has 0 aliphatic heterocycles. The number of carboxylic acid groups (broad SMARTS) is 1. The van der Waals surface area contributed by atoms with Gasteiger partial charge in [0.15, 0.2) is 0 Å². The lowest BCUT2D eigenvalue weighted by Gasteiger charge is -2.05. The molecule has 0 aromatic heterocycles. The molecule has 0 radical (unpaired) electrons. The minimum atomic E-state index is -1.08. The number of carboxylic acids is 1. The summed E-state index contributed by atoms with van der Waals surface area (Å²) >= 11 is 0. The van der Waals surface area contributed by atoms with Crippen LogP contribution < -0.4 is 0 Å². The van der Waals surface area contributed by atoms with E-state index in [4.69, 9.17) is 14.9 Å². The second-order valence-corrected chi connectivity index (χ2v) is 6.26. The summed E-state index contributed by atoms with van der Waals surface area (Å²) in [6.07, 6.45) is 4.59. The first-order valence-electron chi connectivity index (χ1n) is 9.41. The monoisotopic (exact) mass is 388 g/mol. The number of phenolic OH excluding ortho intramolecular Hbond substituents is 1. The summed E-state index contributed by atoms with van der Waals surface area (Å²) < 4.78 is 4.99. The lowest BCUT2D eigenvalue weighted by molar-refractivity contribution is 0.0499. The Kier molecular flexibility index (Phi) is 10.2. The number of carbonyl (C=O) groups excluding carboxylic acids is 1. The Morgan fingerprint density at radius 2 is 1.57 bits per heavy atom. The third-order valence-corrected chi connectivity index (χ3v) is 3.98. The maximum Gasteiger partial charge on any atom is 0.339 e. The van der Waals surface area contributed by atoms with Crippen molar-refractivity contribution in [2.45, 2.75) is 46.0 Å². The number of esters is 1. The molecule has 6 nitrogen and oxygen atoms in total. The van der Waals surface area contributed by atoms with Gasteiger partial charge >= 0.3 is 11.9 Å². The highest BCUT2D eigenvalue weighted by atomic mass is 16.5. The number of rotatable bonds is 8. The number of carbonyl (C=O) groups is 2. The Morgan fingerprint density at radius 1 is 0.929 bits per heavy atom. The zero-order valence-corrected chi connectivity index (χ0v) is 16.4. The van der Waals surface area contributed by atoms with E-state index in [0.717, 1.165) is 32.1 Å². The molecule has 28 heavy (non-hydrogen) atoms. The van der Waals surface area contributed by atoms with Gasteiger partial charge in [-0.25, -0.2) is 9.59 Å². The van der Waals surface area contributed by atoms with Crippen LogP contribution in [0.1, 0.15) is 65.8 Å². The summed E-state index contributed by atoms with van der Waals surface area (Å²) in [5.74, 6) is -1.36. The van der Waals surface area contributed by atoms with Crippen LogP contribution in [-0.2, 0) is 11.2 Å². The maximum absolute atomic E-state index is 11.3. The molecule has 2 rings (SSSR count). The fourth-order valence-corrected chi connectivity index (χ4v) is 2.32. The van der Waals surface area contributed by atoms with E-state index < -0.39 is 5.97 Å². The van der Waals surface area contributed by atoms with E-state index in [1.54, 1.807) is 24.3 Å². The van der Waals surface area contributed by atoms with Crippen LogP contribution in [0.15, 0.2) is 42.5 Å². The number of ether oxygens (including phenoxy) is 1. The Hall–Kier alpha value is -3.02. The summed E-state index contributed by atoms with van der Waals surface area (Å²) in [6, 6.07) is 10.9. The standard InChI is InChI=1S/2C11H14O3/c1-2-3-8-14-11(13)9-4-6-10(12)7-5-9;1-2-3-5-8-6-4-7-9(10(8)12)11(13)14/h4-7,12H,2-3,8H2,1H3;4,6-7,12H,2-3,5H2,1H3,(H,13,14). The molecule has 6 heteroatoms. The fraction of sp³-hybridized carbons (Fsp3) is 0.364. The second kappa shape index (κ2) is 12.4. The normalized spacial score (nSPS) is 9.93. The van der Waals surface area contributed by atoms with Gasteiger partial charge in [-0.05, 0) is 55.2 Å². The molecule has 0 aliphatic carbocycles. The maximum atomic E-state index is 11.3. The molecule has 0 atom stereocenters. The van der Waals surface area contributed by atoms with Crippen molar-refractivity contribution < 1.29 is 29.6 Å². The van der Waals surface area contributed by atoms with Gasteiger partial charge < -0.3 is 20.1 Å². The van der Waals surface area contributed by atoms with Gasteiger partial charge in [0.1, 0.15) is 17.1 Å². The molecule has 152 valence electrons. The molecule has 0 unspecified atom stereocenters. The zero-order chi connectivity index (χ0) is 20.9. The van der Waals surface area contributed by atoms with Gasteiger partial charge in [-0.15, -0.1) is 0 Å². The number of aromatic carboxylic acids is 1. The largest absolute Gasteiger partial charge is 0.508 e. The molecule has 0 spiro atoms. The SMILES string of the molecule is CCCCOC(=O)c1ccc(O)cc1.CCCCc1cccc(C(=O)O)c1O. The number of hydrogen-bond acceptors (Lipinski definition) is 5. The molecule has 2 aromatic rings. The average molecular weight is 388 g/mol. The molecule has 0 saturated heterocycles. The highest BCUT2D eigenvalue weighted by Crippen LogP contribution is 2.23. The van der Waals surface area contributed by atoms with E-state index in [2.05, 4.69) is 6.92 Å². The summed E-state index contributed by atoms with van der Waals surface area (Å²) in [5, 5.41) is 27.4. The summed E-state index contributed by atoms with van der Waals surface area (Å²) in [4.78, 5) is 22.0. The molecule has 0 heterocycles. The second-order valence-electron chi connectivity index (χ2n) is 6.26. The molecule has 0 saturated carbocycles. The molecular weight excluding hydrogens is 360 g/mol. The average Bonchev–Trinajstić information content (AvgIpc) is 2.68. The highest BCUT2D eigenvalue weighted by Gasteiger charge is 2.11. The van der Waals surface area contributed by atoms with Crippen molar-refractivity contribution in [2.75, 3.05) is 6.61 Å². The van der Waals surface area contributed by atoms with Gasteiger partial charge in [0, 0.05) is 0 Å². The van der Waals surface area contributed by atoms with Gasteiger partial charge in [-0.2, -0.15) is 0 Å². The minimum Gasteiger partial charge on any atom is -0.508 e. The van der Waals surface area contributed by atoms with Crippen LogP contribution in [0.3, 0.4) is 0 Å². The van der Waals surface area contributed by atoms with E-state index in [1.165, 1.54) is 18.2 Å². The summed E-state index contributed by atoms with van der Waals surface area (Å²) in [6.45, 7) is 4.54. The third-order valence-electron chi connectivity index (χ3n) is 3.98. The van der Waals surface area contributed by atoms with E-state index >= 15 is 0 Å². The Labute approximate surface area is 165 Å². The number of benzene rings is 2. The lowest BCUT2D eigenvalue weighted by Crippen LogP contribution is -2.05. The van der Waals surface area contributed by atoms with Crippen molar-refractivity contribution in [3.8, 4) is 11.5 Å². The van der Waals surface area contributed by atoms with Crippen LogP contribution in [0.5, 0.6) is 11.5 Å². The Balaban J connectivity index is 0.000000280. The molecule has 0 fully saturated rings. The van der Waals surface area contributed by atoms with Crippen LogP contribution in [0.25, 0.3) is 0 Å². The van der Waals surface area contributed by atoms with Gasteiger partial charge in [-0.3, -0.25) is 0 Å². The van der Waals surface area contributed by atoms with Crippen LogP contribution >= 0.6 is 0 Å². The van der Waals surface area contributed by atoms with Crippen molar-refractivity contribution >= 4 is 11.9 Å². The van der Waals surface area contributed by atoms with Crippen molar-refractivity contribution in [1.82, 2.24) is 0 Å². The summed E-state index contributed by atoms with van der Waals surface area (Å²) in [5.41, 5.74) is 1.17. The number of aromatic hydroxyl groups is 2. The number of unbranched alkanes of at least 4 members (excludes halogenated alkanes) is 2. The summed E-state index contributed by atoms with van der Waals surface area (Å²) in [7, 11) is 0. The van der Waals surface area contributed by atoms with E-state index in [0.29, 0.717) is 17.7 Å². The van der Waals surface area contributed by atoms with Gasteiger partial charge in [0.25, 0.3) is 0 Å². The van der Waals surface area contributed by atoms with Gasteiger partial charge in [0.2, 0.25) is 0 Å². The number of para-hydroxylation sites is 1. The van der Waals surface area contributed by atoms with E-state index in [-0.39, 0.29) is 23.0 Å². The third kappa shape index (κ3) is 7.70. The number of phenols is 2. The van der Waals surface area contributed by atoms with Crippen LogP contribution in [0, 0.1) is 0 Å². The predicted octanol–water partition coefficient (Wildman–Crippen LogP) is 4.78. The van der Waals surface area contributed by atoms with Crippen LogP contribution in [0.4, 0.5) is 0 Å². The van der Waals surface area contributed by atoms with E-state index in [1.807, 2.05) is 6.92 Å². The van der Waals surface area contributed by atoms with Gasteiger partial charge in [-0.1, -0.05) is 38.8 Å². The first kappa shape index (κ1) is 23.0. The van der Waals surface area contributed by atoms with Crippen molar-refractivity contribution in [3.63, 3.8) is 0 Å². The Bertz CT molecular complexity index is 752. The lowest BCUT2D eigenvalue weighted by atomic mass is 10.0. The van der Waals surface area contributed by atoms with Crippen LogP contribution in [-0.4, -0.2) is 33.9 Å². The molecule has 0 amide bonds.